The third kappa shape index (κ3) is 2.36. The van der Waals surface area contributed by atoms with Crippen LogP contribution in [0, 0.1) is 52.3 Å². The first-order valence-corrected chi connectivity index (χ1v) is 11.0. The van der Waals surface area contributed by atoms with Crippen LogP contribution < -0.4 is 0 Å². The van der Waals surface area contributed by atoms with Gasteiger partial charge in [-0.05, 0) is 104 Å². The van der Waals surface area contributed by atoms with Gasteiger partial charge in [-0.15, -0.1) is 0 Å². The second-order valence-electron chi connectivity index (χ2n) is 10.9. The molecule has 138 valence electrons. The van der Waals surface area contributed by atoms with E-state index in [1.807, 2.05) is 0 Å². The van der Waals surface area contributed by atoms with Crippen molar-refractivity contribution in [1.82, 2.24) is 0 Å². The van der Waals surface area contributed by atoms with Gasteiger partial charge in [0.15, 0.2) is 0 Å². The number of fused-ring (bicyclic) bond motifs is 5. The SMILES string of the molecule is CC1CC[C@@]2(C)C(CCC3C4CCC(C(C)CO)[C@@]4(C)CCC32)C1. The van der Waals surface area contributed by atoms with Crippen molar-refractivity contribution in [3.05, 3.63) is 0 Å². The molecule has 9 atom stereocenters. The molecule has 1 nitrogen and oxygen atoms in total. The first-order valence-electron chi connectivity index (χ1n) is 11.0. The Labute approximate surface area is 150 Å². The smallest absolute Gasteiger partial charge is 0.0459 e. The fraction of sp³-hybridized carbons (Fsp3) is 1.00. The van der Waals surface area contributed by atoms with Gasteiger partial charge in [0.1, 0.15) is 0 Å². The van der Waals surface area contributed by atoms with Crippen molar-refractivity contribution in [3.8, 4) is 0 Å². The second-order valence-corrected chi connectivity index (χ2v) is 10.9. The van der Waals surface area contributed by atoms with E-state index >= 15 is 0 Å². The molecule has 0 spiro atoms. The van der Waals surface area contributed by atoms with Gasteiger partial charge in [-0.1, -0.05) is 34.1 Å². The normalized spacial score (nSPS) is 55.4. The zero-order valence-corrected chi connectivity index (χ0v) is 16.6. The standard InChI is InChI=1S/C23H40O/c1-15-9-11-22(3)17(13-15)5-6-18-20-8-7-19(16(2)14-24)23(20,4)12-10-21(18)22/h15-21,24H,5-14H2,1-4H3/t15?,16?,17?,18?,19?,20?,21?,22-,23+/m0/s1. The van der Waals surface area contributed by atoms with Gasteiger partial charge in [-0.25, -0.2) is 0 Å². The Morgan fingerprint density at radius 2 is 1.62 bits per heavy atom. The predicted octanol–water partition coefficient (Wildman–Crippen LogP) is 5.91. The molecule has 0 bridgehead atoms. The quantitative estimate of drug-likeness (QED) is 0.666. The molecule has 0 aromatic heterocycles. The number of hydrogen-bond acceptors (Lipinski definition) is 1. The lowest BCUT2D eigenvalue weighted by molar-refractivity contribution is -0.121. The van der Waals surface area contributed by atoms with Gasteiger partial charge < -0.3 is 5.11 Å². The summed E-state index contributed by atoms with van der Waals surface area (Å²) in [7, 11) is 0. The third-order valence-corrected chi connectivity index (χ3v) is 9.98. The molecule has 0 aromatic rings. The van der Waals surface area contributed by atoms with E-state index in [9.17, 15) is 5.11 Å². The van der Waals surface area contributed by atoms with Crippen molar-refractivity contribution in [2.45, 2.75) is 85.5 Å². The van der Waals surface area contributed by atoms with Crippen molar-refractivity contribution in [1.29, 1.82) is 0 Å². The Kier molecular flexibility index (Phi) is 4.34. The largest absolute Gasteiger partial charge is 0.396 e. The Hall–Kier alpha value is -0.0400. The van der Waals surface area contributed by atoms with Gasteiger partial charge in [0.2, 0.25) is 0 Å². The van der Waals surface area contributed by atoms with E-state index < -0.39 is 0 Å². The molecule has 1 heteroatoms. The van der Waals surface area contributed by atoms with E-state index in [0.717, 1.165) is 35.5 Å². The lowest BCUT2D eigenvalue weighted by atomic mass is 9.44. The van der Waals surface area contributed by atoms with Crippen molar-refractivity contribution in [3.63, 3.8) is 0 Å². The van der Waals surface area contributed by atoms with Gasteiger partial charge in [0.25, 0.3) is 0 Å². The van der Waals surface area contributed by atoms with Crippen LogP contribution in [0.4, 0.5) is 0 Å². The molecule has 4 aliphatic carbocycles. The maximum atomic E-state index is 9.75. The molecule has 0 saturated heterocycles. The van der Waals surface area contributed by atoms with Crippen LogP contribution in [0.25, 0.3) is 0 Å². The molecule has 0 heterocycles. The first kappa shape index (κ1) is 17.4. The summed E-state index contributed by atoms with van der Waals surface area (Å²) < 4.78 is 0. The monoisotopic (exact) mass is 332 g/mol. The summed E-state index contributed by atoms with van der Waals surface area (Å²) in [6.07, 6.45) is 13.2. The van der Waals surface area contributed by atoms with Gasteiger partial charge in [-0.3, -0.25) is 0 Å². The molecule has 24 heavy (non-hydrogen) atoms. The van der Waals surface area contributed by atoms with Crippen LogP contribution in [0.5, 0.6) is 0 Å². The van der Waals surface area contributed by atoms with Gasteiger partial charge in [0, 0.05) is 6.61 Å². The topological polar surface area (TPSA) is 20.2 Å². The highest BCUT2D eigenvalue weighted by atomic mass is 16.3. The highest BCUT2D eigenvalue weighted by Gasteiger charge is 2.60. The number of aliphatic hydroxyl groups excluding tert-OH is 1. The highest BCUT2D eigenvalue weighted by Crippen LogP contribution is 2.68. The fourth-order valence-electron chi connectivity index (χ4n) is 8.58. The fourth-order valence-corrected chi connectivity index (χ4v) is 8.58. The number of rotatable bonds is 2. The minimum atomic E-state index is 0.388. The van der Waals surface area contributed by atoms with Gasteiger partial charge in [-0.2, -0.15) is 0 Å². The van der Waals surface area contributed by atoms with E-state index in [-0.39, 0.29) is 0 Å². The van der Waals surface area contributed by atoms with E-state index in [2.05, 4.69) is 27.7 Å². The van der Waals surface area contributed by atoms with Crippen molar-refractivity contribution in [2.24, 2.45) is 52.3 Å². The number of aliphatic hydroxyl groups is 1. The predicted molar refractivity (Wildman–Crippen MR) is 101 cm³/mol. The van der Waals surface area contributed by atoms with Crippen LogP contribution in [0.3, 0.4) is 0 Å². The van der Waals surface area contributed by atoms with Crippen LogP contribution in [-0.2, 0) is 0 Å². The van der Waals surface area contributed by atoms with Gasteiger partial charge in [0.05, 0.1) is 0 Å². The molecule has 4 rings (SSSR count). The summed E-state index contributed by atoms with van der Waals surface area (Å²) in [4.78, 5) is 0. The Morgan fingerprint density at radius 3 is 2.38 bits per heavy atom. The molecule has 0 aromatic carbocycles. The zero-order chi connectivity index (χ0) is 17.1. The molecule has 0 aliphatic heterocycles. The van der Waals surface area contributed by atoms with Crippen molar-refractivity contribution < 1.29 is 5.11 Å². The molecular weight excluding hydrogens is 292 g/mol. The molecule has 4 aliphatic rings. The van der Waals surface area contributed by atoms with Crippen molar-refractivity contribution >= 4 is 0 Å². The number of hydrogen-bond donors (Lipinski definition) is 1. The summed E-state index contributed by atoms with van der Waals surface area (Å²) in [5.74, 6) is 6.20. The maximum absolute atomic E-state index is 9.75. The molecule has 1 N–H and O–H groups in total. The molecule has 4 fully saturated rings. The van der Waals surface area contributed by atoms with E-state index in [1.165, 1.54) is 57.8 Å². The van der Waals surface area contributed by atoms with E-state index in [0.29, 0.717) is 23.4 Å². The zero-order valence-electron chi connectivity index (χ0n) is 16.6. The summed E-state index contributed by atoms with van der Waals surface area (Å²) in [5, 5.41) is 9.75. The van der Waals surface area contributed by atoms with Crippen LogP contribution in [0.2, 0.25) is 0 Å². The van der Waals surface area contributed by atoms with E-state index in [1.54, 1.807) is 0 Å². The van der Waals surface area contributed by atoms with Crippen molar-refractivity contribution in [2.75, 3.05) is 6.61 Å². The van der Waals surface area contributed by atoms with Crippen LogP contribution in [0.15, 0.2) is 0 Å². The summed E-state index contributed by atoms with van der Waals surface area (Å²) in [5.41, 5.74) is 1.17. The van der Waals surface area contributed by atoms with Crippen LogP contribution in [-0.4, -0.2) is 11.7 Å². The minimum absolute atomic E-state index is 0.388. The summed E-state index contributed by atoms with van der Waals surface area (Å²) in [6, 6.07) is 0. The highest BCUT2D eigenvalue weighted by molar-refractivity contribution is 5.09. The Bertz CT molecular complexity index is 473. The average molecular weight is 333 g/mol. The maximum Gasteiger partial charge on any atom is 0.0459 e. The lowest BCUT2D eigenvalue weighted by Crippen LogP contribution is -2.53. The molecule has 7 unspecified atom stereocenters. The summed E-state index contributed by atoms with van der Waals surface area (Å²) >= 11 is 0. The van der Waals surface area contributed by atoms with Gasteiger partial charge >= 0.3 is 0 Å². The lowest BCUT2D eigenvalue weighted by Gasteiger charge is -2.61. The molecule has 0 radical (unpaired) electrons. The summed E-state index contributed by atoms with van der Waals surface area (Å²) in [6.45, 7) is 10.5. The van der Waals surface area contributed by atoms with E-state index in [4.69, 9.17) is 0 Å². The molecule has 4 saturated carbocycles. The average Bonchev–Trinajstić information content (AvgIpc) is 2.92. The van der Waals surface area contributed by atoms with Crippen LogP contribution in [0.1, 0.15) is 85.5 Å². The molecular formula is C23H40O. The third-order valence-electron chi connectivity index (χ3n) is 9.98. The Balaban J connectivity index is 1.59. The van der Waals surface area contributed by atoms with Crippen LogP contribution >= 0.6 is 0 Å². The Morgan fingerprint density at radius 1 is 0.917 bits per heavy atom. The first-order chi connectivity index (χ1) is 11.4. The molecule has 0 amide bonds. The minimum Gasteiger partial charge on any atom is -0.396 e. The second kappa shape index (κ2) is 6.00.